The van der Waals surface area contributed by atoms with E-state index in [1.165, 1.54) is 0 Å². The molecular weight excluding hydrogens is 260 g/mol. The van der Waals surface area contributed by atoms with Crippen molar-refractivity contribution < 1.29 is 17.2 Å². The van der Waals surface area contributed by atoms with Crippen LogP contribution in [0.4, 0.5) is 8.78 Å². The number of rotatable bonds is 5. The lowest BCUT2D eigenvalue weighted by Gasteiger charge is -2.20. The molecule has 0 fully saturated rings. The monoisotopic (exact) mass is 277 g/mol. The number of hydrogen-bond acceptors (Lipinski definition) is 3. The van der Waals surface area contributed by atoms with Gasteiger partial charge in [0.1, 0.15) is 16.5 Å². The summed E-state index contributed by atoms with van der Waals surface area (Å²) in [6.07, 6.45) is 0. The molecule has 0 spiro atoms. The van der Waals surface area contributed by atoms with Gasteiger partial charge in [-0.05, 0) is 25.1 Å². The SMILES string of the molecule is CNC(CS(=O)(=O)c1ccc(F)cc1F)C(C)C. The number of sulfone groups is 1. The third-order valence-electron chi connectivity index (χ3n) is 2.80. The van der Waals surface area contributed by atoms with Crippen LogP contribution >= 0.6 is 0 Å². The van der Waals surface area contributed by atoms with E-state index in [-0.39, 0.29) is 17.7 Å². The van der Waals surface area contributed by atoms with E-state index in [1.54, 1.807) is 7.05 Å². The maximum Gasteiger partial charge on any atom is 0.182 e. The quantitative estimate of drug-likeness (QED) is 0.837. The molecule has 0 aliphatic carbocycles. The van der Waals surface area contributed by atoms with Crippen LogP contribution in [0.15, 0.2) is 23.1 Å². The lowest BCUT2D eigenvalue weighted by molar-refractivity contribution is 0.453. The highest BCUT2D eigenvalue weighted by atomic mass is 32.2. The highest BCUT2D eigenvalue weighted by Gasteiger charge is 2.25. The molecule has 0 heterocycles. The summed E-state index contributed by atoms with van der Waals surface area (Å²) in [5.74, 6) is -1.97. The normalized spacial score (nSPS) is 13.9. The molecule has 0 aliphatic heterocycles. The van der Waals surface area contributed by atoms with Crippen LogP contribution in [0.5, 0.6) is 0 Å². The number of benzene rings is 1. The predicted octanol–water partition coefficient (Wildman–Crippen LogP) is 1.98. The first-order chi connectivity index (χ1) is 8.27. The van der Waals surface area contributed by atoms with E-state index in [0.29, 0.717) is 6.07 Å². The van der Waals surface area contributed by atoms with E-state index in [2.05, 4.69) is 5.32 Å². The molecular formula is C12H17F2NO2S. The fourth-order valence-corrected chi connectivity index (χ4v) is 3.50. The smallest absolute Gasteiger partial charge is 0.182 e. The molecule has 0 saturated heterocycles. The van der Waals surface area contributed by atoms with E-state index >= 15 is 0 Å². The van der Waals surface area contributed by atoms with Crippen LogP contribution in [-0.4, -0.2) is 27.3 Å². The summed E-state index contributed by atoms with van der Waals surface area (Å²) in [7, 11) is -2.11. The van der Waals surface area contributed by atoms with Crippen LogP contribution in [0, 0.1) is 17.6 Å². The number of halogens is 2. The van der Waals surface area contributed by atoms with Crippen LogP contribution in [0.3, 0.4) is 0 Å². The van der Waals surface area contributed by atoms with Gasteiger partial charge < -0.3 is 5.32 Å². The number of nitrogens with one attached hydrogen (secondary N) is 1. The molecule has 1 atom stereocenters. The lowest BCUT2D eigenvalue weighted by atomic mass is 10.1. The molecule has 1 aromatic carbocycles. The van der Waals surface area contributed by atoms with Crippen molar-refractivity contribution in [3.63, 3.8) is 0 Å². The Bertz CT molecular complexity index is 515. The highest BCUT2D eigenvalue weighted by molar-refractivity contribution is 7.91. The summed E-state index contributed by atoms with van der Waals surface area (Å²) in [5.41, 5.74) is 0. The Labute approximate surface area is 106 Å². The van der Waals surface area contributed by atoms with Gasteiger partial charge >= 0.3 is 0 Å². The zero-order valence-corrected chi connectivity index (χ0v) is 11.4. The van der Waals surface area contributed by atoms with E-state index in [1.807, 2.05) is 13.8 Å². The topological polar surface area (TPSA) is 46.2 Å². The fourth-order valence-electron chi connectivity index (χ4n) is 1.66. The van der Waals surface area contributed by atoms with Crippen LogP contribution in [0.2, 0.25) is 0 Å². The van der Waals surface area contributed by atoms with Crippen LogP contribution < -0.4 is 5.32 Å². The Morgan fingerprint density at radius 1 is 1.28 bits per heavy atom. The van der Waals surface area contributed by atoms with Crippen LogP contribution in [0.25, 0.3) is 0 Å². The van der Waals surface area contributed by atoms with Gasteiger partial charge in [0, 0.05) is 12.1 Å². The second-order valence-electron chi connectivity index (χ2n) is 4.50. The van der Waals surface area contributed by atoms with Gasteiger partial charge in [-0.1, -0.05) is 13.8 Å². The zero-order chi connectivity index (χ0) is 13.9. The van der Waals surface area contributed by atoms with Gasteiger partial charge in [-0.15, -0.1) is 0 Å². The molecule has 1 N–H and O–H groups in total. The fraction of sp³-hybridized carbons (Fsp3) is 0.500. The lowest BCUT2D eigenvalue weighted by Crippen LogP contribution is -2.37. The first-order valence-electron chi connectivity index (χ1n) is 5.63. The molecule has 18 heavy (non-hydrogen) atoms. The summed E-state index contributed by atoms with van der Waals surface area (Å²) >= 11 is 0. The summed E-state index contributed by atoms with van der Waals surface area (Å²) in [6, 6.07) is 2.21. The summed E-state index contributed by atoms with van der Waals surface area (Å²) in [4.78, 5) is -0.454. The molecule has 0 saturated carbocycles. The van der Waals surface area contributed by atoms with Gasteiger partial charge in [0.25, 0.3) is 0 Å². The largest absolute Gasteiger partial charge is 0.316 e. The molecule has 1 unspecified atom stereocenters. The predicted molar refractivity (Wildman–Crippen MR) is 66.1 cm³/mol. The van der Waals surface area contributed by atoms with E-state index in [4.69, 9.17) is 0 Å². The Balaban J connectivity index is 3.06. The van der Waals surface area contributed by atoms with Crippen molar-refractivity contribution >= 4 is 9.84 Å². The van der Waals surface area contributed by atoms with E-state index in [0.717, 1.165) is 12.1 Å². The standard InChI is InChI=1S/C12H17F2NO2S/c1-8(2)11(15-3)7-18(16,17)12-5-4-9(13)6-10(12)14/h4-6,8,11,15H,7H2,1-3H3. The maximum atomic E-state index is 13.5. The van der Waals surface area contributed by atoms with Crippen LogP contribution in [0.1, 0.15) is 13.8 Å². The van der Waals surface area contributed by atoms with Crippen molar-refractivity contribution in [2.24, 2.45) is 5.92 Å². The van der Waals surface area contributed by atoms with Gasteiger partial charge in [-0.2, -0.15) is 0 Å². The minimum Gasteiger partial charge on any atom is -0.316 e. The Morgan fingerprint density at radius 2 is 1.89 bits per heavy atom. The van der Waals surface area contributed by atoms with Crippen molar-refractivity contribution in [2.45, 2.75) is 24.8 Å². The molecule has 0 amide bonds. The maximum absolute atomic E-state index is 13.5. The third kappa shape index (κ3) is 3.49. The number of hydrogen-bond donors (Lipinski definition) is 1. The Kier molecular flexibility index (Phi) is 4.81. The molecule has 0 bridgehead atoms. The van der Waals surface area contributed by atoms with Gasteiger partial charge in [-0.3, -0.25) is 0 Å². The van der Waals surface area contributed by atoms with Gasteiger partial charge in [0.15, 0.2) is 9.84 Å². The minimum atomic E-state index is -3.77. The van der Waals surface area contributed by atoms with Crippen molar-refractivity contribution in [1.82, 2.24) is 5.32 Å². The molecule has 3 nitrogen and oxygen atoms in total. The zero-order valence-electron chi connectivity index (χ0n) is 10.6. The molecule has 0 aromatic heterocycles. The molecule has 6 heteroatoms. The molecule has 102 valence electrons. The highest BCUT2D eigenvalue weighted by Crippen LogP contribution is 2.19. The van der Waals surface area contributed by atoms with Gasteiger partial charge in [0.05, 0.1) is 5.75 Å². The first kappa shape index (κ1) is 15.0. The van der Waals surface area contributed by atoms with Gasteiger partial charge in [0.2, 0.25) is 0 Å². The van der Waals surface area contributed by atoms with E-state index in [9.17, 15) is 17.2 Å². The van der Waals surface area contributed by atoms with Crippen molar-refractivity contribution in [1.29, 1.82) is 0 Å². The Morgan fingerprint density at radius 3 is 2.33 bits per heavy atom. The van der Waals surface area contributed by atoms with Crippen molar-refractivity contribution in [3.05, 3.63) is 29.8 Å². The second kappa shape index (κ2) is 5.75. The van der Waals surface area contributed by atoms with E-state index < -0.39 is 26.4 Å². The van der Waals surface area contributed by atoms with Crippen molar-refractivity contribution in [2.75, 3.05) is 12.8 Å². The minimum absolute atomic E-state index is 0.0910. The Hall–Kier alpha value is -1.01. The average Bonchev–Trinajstić information content (AvgIpc) is 2.24. The summed E-state index contributed by atoms with van der Waals surface area (Å²) in [6.45, 7) is 3.75. The summed E-state index contributed by atoms with van der Waals surface area (Å²) < 4.78 is 50.3. The van der Waals surface area contributed by atoms with Gasteiger partial charge in [-0.25, -0.2) is 17.2 Å². The molecule has 0 aliphatic rings. The first-order valence-corrected chi connectivity index (χ1v) is 7.28. The molecule has 1 aromatic rings. The van der Waals surface area contributed by atoms with Crippen LogP contribution in [-0.2, 0) is 9.84 Å². The molecule has 0 radical (unpaired) electrons. The summed E-state index contributed by atoms with van der Waals surface area (Å²) in [5, 5.41) is 2.88. The third-order valence-corrected chi connectivity index (χ3v) is 4.60. The molecule has 1 rings (SSSR count). The van der Waals surface area contributed by atoms with Crippen molar-refractivity contribution in [3.8, 4) is 0 Å². The average molecular weight is 277 g/mol. The second-order valence-corrected chi connectivity index (χ2v) is 6.50.